The zero-order chi connectivity index (χ0) is 13.5. The van der Waals surface area contributed by atoms with Crippen LogP contribution in [-0.2, 0) is 6.42 Å². The van der Waals surface area contributed by atoms with Crippen LogP contribution in [0.25, 0.3) is 0 Å². The molecule has 6 heteroatoms. The highest BCUT2D eigenvalue weighted by atomic mass is 32.2. The molecule has 1 saturated heterocycles. The molecule has 4 nitrogen and oxygen atoms in total. The number of anilines is 2. The molecule has 1 aliphatic heterocycles. The highest BCUT2D eigenvalue weighted by molar-refractivity contribution is 8.06. The van der Waals surface area contributed by atoms with Gasteiger partial charge >= 0.3 is 0 Å². The van der Waals surface area contributed by atoms with Gasteiger partial charge in [-0.15, -0.1) is 0 Å². The van der Waals surface area contributed by atoms with Gasteiger partial charge in [0.1, 0.15) is 17.5 Å². The molecule has 1 aromatic rings. The minimum atomic E-state index is 0.696. The number of aromatic nitrogens is 2. The zero-order valence-corrected chi connectivity index (χ0v) is 13.2. The SMILES string of the molecule is CCCc1nc(NC)cc(NCC2CSCCS2)n1. The van der Waals surface area contributed by atoms with Gasteiger partial charge in [0.25, 0.3) is 0 Å². The largest absolute Gasteiger partial charge is 0.373 e. The standard InChI is InChI=1S/C13H22N4S2/c1-3-4-11-16-12(14-2)7-13(17-11)15-8-10-9-18-5-6-19-10/h7,10H,3-6,8-9H2,1-2H3,(H2,14,15,16,17). The van der Waals surface area contributed by atoms with Gasteiger partial charge in [-0.05, 0) is 6.42 Å². The minimum absolute atomic E-state index is 0.696. The van der Waals surface area contributed by atoms with E-state index in [1.807, 2.05) is 13.1 Å². The Morgan fingerprint density at radius 2 is 2.16 bits per heavy atom. The zero-order valence-electron chi connectivity index (χ0n) is 11.6. The quantitative estimate of drug-likeness (QED) is 0.842. The summed E-state index contributed by atoms with van der Waals surface area (Å²) in [4.78, 5) is 9.04. The van der Waals surface area contributed by atoms with Gasteiger partial charge in [-0.3, -0.25) is 0 Å². The van der Waals surface area contributed by atoms with Gasteiger partial charge in [-0.25, -0.2) is 9.97 Å². The Balaban J connectivity index is 1.95. The van der Waals surface area contributed by atoms with Crippen molar-refractivity contribution in [2.45, 2.75) is 25.0 Å². The summed E-state index contributed by atoms with van der Waals surface area (Å²) in [6.45, 7) is 3.14. The lowest BCUT2D eigenvalue weighted by molar-refractivity contribution is 0.834. The van der Waals surface area contributed by atoms with Crippen molar-refractivity contribution in [2.75, 3.05) is 41.5 Å². The van der Waals surface area contributed by atoms with Gasteiger partial charge in [0.05, 0.1) is 0 Å². The highest BCUT2D eigenvalue weighted by Crippen LogP contribution is 2.24. The smallest absolute Gasteiger partial charge is 0.133 e. The van der Waals surface area contributed by atoms with Crippen LogP contribution in [0.5, 0.6) is 0 Å². The third-order valence-electron chi connectivity index (χ3n) is 2.90. The average molecular weight is 298 g/mol. The molecule has 0 aliphatic carbocycles. The molecule has 0 saturated carbocycles. The lowest BCUT2D eigenvalue weighted by Gasteiger charge is -2.21. The monoisotopic (exact) mass is 298 g/mol. The van der Waals surface area contributed by atoms with Gasteiger partial charge in [-0.2, -0.15) is 23.5 Å². The van der Waals surface area contributed by atoms with Crippen molar-refractivity contribution in [2.24, 2.45) is 0 Å². The van der Waals surface area contributed by atoms with E-state index < -0.39 is 0 Å². The summed E-state index contributed by atoms with van der Waals surface area (Å²) in [6.07, 6.45) is 2.00. The fourth-order valence-corrected chi connectivity index (χ4v) is 4.54. The van der Waals surface area contributed by atoms with Crippen LogP contribution >= 0.6 is 23.5 Å². The van der Waals surface area contributed by atoms with Crippen molar-refractivity contribution in [3.05, 3.63) is 11.9 Å². The topological polar surface area (TPSA) is 49.8 Å². The molecular weight excluding hydrogens is 276 g/mol. The molecule has 0 spiro atoms. The van der Waals surface area contributed by atoms with Crippen molar-refractivity contribution in [1.29, 1.82) is 0 Å². The van der Waals surface area contributed by atoms with E-state index in [1.54, 1.807) is 0 Å². The summed E-state index contributed by atoms with van der Waals surface area (Å²) in [7, 11) is 1.90. The van der Waals surface area contributed by atoms with Crippen molar-refractivity contribution < 1.29 is 0 Å². The van der Waals surface area contributed by atoms with Crippen molar-refractivity contribution in [1.82, 2.24) is 9.97 Å². The van der Waals surface area contributed by atoms with E-state index in [4.69, 9.17) is 0 Å². The summed E-state index contributed by atoms with van der Waals surface area (Å²) in [5.41, 5.74) is 0. The Bertz CT molecular complexity index is 394. The lowest BCUT2D eigenvalue weighted by atomic mass is 10.3. The van der Waals surface area contributed by atoms with E-state index in [0.29, 0.717) is 5.25 Å². The van der Waals surface area contributed by atoms with Gasteiger partial charge in [-0.1, -0.05) is 6.92 Å². The molecule has 2 heterocycles. The van der Waals surface area contributed by atoms with Gasteiger partial charge in [0.2, 0.25) is 0 Å². The summed E-state index contributed by atoms with van der Waals surface area (Å²) < 4.78 is 0. The molecule has 0 bridgehead atoms. The normalized spacial score (nSPS) is 19.2. The fraction of sp³-hybridized carbons (Fsp3) is 0.692. The maximum Gasteiger partial charge on any atom is 0.133 e. The van der Waals surface area contributed by atoms with Crippen LogP contribution in [0, 0.1) is 0 Å². The summed E-state index contributed by atoms with van der Waals surface area (Å²) in [5, 5.41) is 7.26. The Kier molecular flexibility index (Phi) is 6.10. The van der Waals surface area contributed by atoms with E-state index in [2.05, 4.69) is 51.0 Å². The maximum atomic E-state index is 4.58. The summed E-state index contributed by atoms with van der Waals surface area (Å²) >= 11 is 4.12. The summed E-state index contributed by atoms with van der Waals surface area (Å²) in [5.74, 6) is 6.56. The third-order valence-corrected chi connectivity index (χ3v) is 5.74. The van der Waals surface area contributed by atoms with Crippen molar-refractivity contribution >= 4 is 35.2 Å². The Morgan fingerprint density at radius 3 is 2.84 bits per heavy atom. The first kappa shape index (κ1) is 14.8. The number of nitrogens with one attached hydrogen (secondary N) is 2. The van der Waals surface area contributed by atoms with E-state index in [0.717, 1.165) is 36.8 Å². The molecule has 1 aliphatic rings. The van der Waals surface area contributed by atoms with E-state index in [1.165, 1.54) is 17.3 Å². The van der Waals surface area contributed by atoms with Crippen LogP contribution in [0.15, 0.2) is 6.07 Å². The maximum absolute atomic E-state index is 4.58. The van der Waals surface area contributed by atoms with Crippen molar-refractivity contribution in [3.63, 3.8) is 0 Å². The van der Waals surface area contributed by atoms with Gasteiger partial charge in [0, 0.05) is 48.6 Å². The predicted octanol–water partition coefficient (Wildman–Crippen LogP) is 2.73. The minimum Gasteiger partial charge on any atom is -0.373 e. The molecule has 1 unspecified atom stereocenters. The second kappa shape index (κ2) is 7.85. The number of rotatable bonds is 6. The van der Waals surface area contributed by atoms with Gasteiger partial charge < -0.3 is 10.6 Å². The molecule has 19 heavy (non-hydrogen) atoms. The average Bonchev–Trinajstić information content (AvgIpc) is 2.46. The number of thioether (sulfide) groups is 2. The summed E-state index contributed by atoms with van der Waals surface area (Å²) in [6, 6.07) is 1.99. The second-order valence-electron chi connectivity index (χ2n) is 4.50. The highest BCUT2D eigenvalue weighted by Gasteiger charge is 2.14. The number of aryl methyl sites for hydroxylation is 1. The first-order valence-corrected chi connectivity index (χ1v) is 9.01. The molecule has 0 aromatic carbocycles. The van der Waals surface area contributed by atoms with Crippen LogP contribution in [0.3, 0.4) is 0 Å². The van der Waals surface area contributed by atoms with Crippen LogP contribution in [-0.4, -0.2) is 46.1 Å². The Labute approximate surface area is 123 Å². The Hall–Kier alpha value is -0.620. The first-order valence-electron chi connectivity index (χ1n) is 6.80. The lowest BCUT2D eigenvalue weighted by Crippen LogP contribution is -2.23. The van der Waals surface area contributed by atoms with Crippen LogP contribution in [0.2, 0.25) is 0 Å². The van der Waals surface area contributed by atoms with Crippen molar-refractivity contribution in [3.8, 4) is 0 Å². The molecule has 0 radical (unpaired) electrons. The number of hydrogen-bond donors (Lipinski definition) is 2. The van der Waals surface area contributed by atoms with Crippen LogP contribution in [0.4, 0.5) is 11.6 Å². The fourth-order valence-electron chi connectivity index (χ4n) is 1.92. The molecular formula is C13H22N4S2. The third kappa shape index (κ3) is 4.76. The molecule has 1 atom stereocenters. The van der Waals surface area contributed by atoms with Gasteiger partial charge in [0.15, 0.2) is 0 Å². The molecule has 0 amide bonds. The first-order chi connectivity index (χ1) is 9.31. The van der Waals surface area contributed by atoms with E-state index in [-0.39, 0.29) is 0 Å². The molecule has 1 fully saturated rings. The molecule has 106 valence electrons. The van der Waals surface area contributed by atoms with Crippen LogP contribution < -0.4 is 10.6 Å². The predicted molar refractivity (Wildman–Crippen MR) is 87.6 cm³/mol. The number of hydrogen-bond acceptors (Lipinski definition) is 6. The molecule has 2 N–H and O–H groups in total. The number of nitrogens with zero attached hydrogens (tertiary/aromatic N) is 2. The molecule has 1 aromatic heterocycles. The van der Waals surface area contributed by atoms with E-state index >= 15 is 0 Å². The van der Waals surface area contributed by atoms with E-state index in [9.17, 15) is 0 Å². The van der Waals surface area contributed by atoms with Crippen LogP contribution in [0.1, 0.15) is 19.2 Å². The Morgan fingerprint density at radius 1 is 1.32 bits per heavy atom. The molecule has 2 rings (SSSR count). The second-order valence-corrected chi connectivity index (χ2v) is 7.06.